The molecule has 0 radical (unpaired) electrons. The molecule has 3 atom stereocenters. The van der Waals surface area contributed by atoms with Crippen molar-refractivity contribution in [3.63, 3.8) is 0 Å². The molecule has 0 aromatic carbocycles. The number of unbranched alkanes of at least 4 members (excludes halogenated alkanes) is 1. The van der Waals surface area contributed by atoms with Gasteiger partial charge in [-0.1, -0.05) is 6.92 Å². The van der Waals surface area contributed by atoms with E-state index in [-0.39, 0.29) is 41.0 Å². The maximum absolute atomic E-state index is 12.9. The van der Waals surface area contributed by atoms with E-state index in [2.05, 4.69) is 33.0 Å². The lowest BCUT2D eigenvalue weighted by Crippen LogP contribution is -2.48. The normalized spacial score (nSPS) is 28.9. The fourth-order valence-corrected chi connectivity index (χ4v) is 5.63. The molecule has 3 unspecified atom stereocenters. The number of carbonyl (C=O) groups is 2. The van der Waals surface area contributed by atoms with Crippen LogP contribution in [0.5, 0.6) is 0 Å². The van der Waals surface area contributed by atoms with Gasteiger partial charge in [-0.25, -0.2) is 0 Å². The highest BCUT2D eigenvalue weighted by Crippen LogP contribution is 2.44. The van der Waals surface area contributed by atoms with E-state index in [1.165, 1.54) is 5.06 Å². The van der Waals surface area contributed by atoms with Crippen molar-refractivity contribution in [3.05, 3.63) is 0 Å². The summed E-state index contributed by atoms with van der Waals surface area (Å²) >= 11 is 0. The Bertz CT molecular complexity index is 686. The van der Waals surface area contributed by atoms with Crippen molar-refractivity contribution in [1.29, 1.82) is 0 Å². The lowest BCUT2D eigenvalue weighted by atomic mass is 9.87. The molecule has 0 bridgehead atoms. The van der Waals surface area contributed by atoms with Gasteiger partial charge in [-0.3, -0.25) is 9.59 Å². The molecule has 0 spiro atoms. The van der Waals surface area contributed by atoms with E-state index in [4.69, 9.17) is 9.47 Å². The van der Waals surface area contributed by atoms with E-state index in [1.807, 2.05) is 34.6 Å². The highest BCUT2D eigenvalue weighted by Gasteiger charge is 2.55. The summed E-state index contributed by atoms with van der Waals surface area (Å²) in [6, 6.07) is 0. The second-order valence-corrected chi connectivity index (χ2v) is 12.2. The van der Waals surface area contributed by atoms with Gasteiger partial charge in [-0.05, 0) is 93.9 Å². The van der Waals surface area contributed by atoms with E-state index < -0.39 is 11.1 Å². The Morgan fingerprint density at radius 3 is 2.09 bits per heavy atom. The molecule has 2 rings (SSSR count). The van der Waals surface area contributed by atoms with Crippen molar-refractivity contribution < 1.29 is 24.3 Å². The van der Waals surface area contributed by atoms with Gasteiger partial charge < -0.3 is 20.0 Å². The van der Waals surface area contributed by atoms with E-state index >= 15 is 0 Å². The Hall–Kier alpha value is -1.18. The molecule has 2 saturated heterocycles. The van der Waals surface area contributed by atoms with Crippen LogP contribution in [0.15, 0.2) is 0 Å². The summed E-state index contributed by atoms with van der Waals surface area (Å²) in [4.78, 5) is 25.4. The van der Waals surface area contributed by atoms with Crippen LogP contribution in [0.25, 0.3) is 0 Å². The Kier molecular flexibility index (Phi) is 8.11. The molecule has 0 aromatic heterocycles. The number of hydroxylamine groups is 2. The SMILES string of the molecule is CCC(CCCCOC(=O)C1CC(C)(C)NC1(C)C)OC(=O)C1CC(C)(C)N(O)C1(C)C. The second-order valence-electron chi connectivity index (χ2n) is 12.2. The average Bonchev–Trinajstić information content (AvgIpc) is 2.99. The largest absolute Gasteiger partial charge is 0.465 e. The maximum atomic E-state index is 12.9. The molecule has 2 fully saturated rings. The van der Waals surface area contributed by atoms with Crippen LogP contribution in [0.4, 0.5) is 0 Å². The molecule has 32 heavy (non-hydrogen) atoms. The third kappa shape index (κ3) is 6.03. The van der Waals surface area contributed by atoms with Gasteiger partial charge in [0.25, 0.3) is 0 Å². The number of nitrogens with zero attached hydrogens (tertiary/aromatic N) is 1. The van der Waals surface area contributed by atoms with Gasteiger partial charge in [0.2, 0.25) is 0 Å². The summed E-state index contributed by atoms with van der Waals surface area (Å²) in [5.74, 6) is -0.889. The Morgan fingerprint density at radius 2 is 1.62 bits per heavy atom. The number of ether oxygens (including phenoxy) is 2. The van der Waals surface area contributed by atoms with E-state index in [1.54, 1.807) is 0 Å². The minimum Gasteiger partial charge on any atom is -0.465 e. The van der Waals surface area contributed by atoms with E-state index in [0.29, 0.717) is 13.0 Å². The van der Waals surface area contributed by atoms with Crippen LogP contribution in [0, 0.1) is 11.8 Å². The molecule has 0 amide bonds. The van der Waals surface area contributed by atoms with Crippen molar-refractivity contribution in [2.45, 2.75) is 129 Å². The van der Waals surface area contributed by atoms with E-state index in [9.17, 15) is 14.8 Å². The van der Waals surface area contributed by atoms with Gasteiger partial charge in [0, 0.05) is 16.6 Å². The minimum atomic E-state index is -0.662. The van der Waals surface area contributed by atoms with Gasteiger partial charge in [0.15, 0.2) is 0 Å². The highest BCUT2D eigenvalue weighted by molar-refractivity contribution is 5.75. The first-order valence-corrected chi connectivity index (χ1v) is 12.2. The molecule has 2 N–H and O–H groups in total. The minimum absolute atomic E-state index is 0.0679. The molecule has 186 valence electrons. The Morgan fingerprint density at radius 1 is 1.00 bits per heavy atom. The fraction of sp³-hybridized carbons (Fsp3) is 0.920. The predicted molar refractivity (Wildman–Crippen MR) is 124 cm³/mol. The maximum Gasteiger partial charge on any atom is 0.311 e. The van der Waals surface area contributed by atoms with Crippen LogP contribution in [-0.4, -0.2) is 57.1 Å². The molecule has 0 aliphatic carbocycles. The van der Waals surface area contributed by atoms with Crippen molar-refractivity contribution in [3.8, 4) is 0 Å². The van der Waals surface area contributed by atoms with Crippen molar-refractivity contribution in [2.24, 2.45) is 11.8 Å². The average molecular weight is 455 g/mol. The summed E-state index contributed by atoms with van der Waals surface area (Å²) in [6.07, 6.45) is 4.21. The molecule has 2 heterocycles. The molecular weight excluding hydrogens is 408 g/mol. The standard InChI is InChI=1S/C25H46N2O5/c1-10-17(32-21(29)19-16-23(4,5)27(30)25(19,8)9)13-11-12-14-31-20(28)18-15-22(2,3)26-24(18,6)7/h17-19,26,30H,10-16H2,1-9H3. The number of hydrogen-bond donors (Lipinski definition) is 2. The zero-order valence-electron chi connectivity index (χ0n) is 21.7. The predicted octanol–water partition coefficient (Wildman–Crippen LogP) is 4.46. The molecule has 7 nitrogen and oxygen atoms in total. The molecular formula is C25H46N2O5. The molecule has 7 heteroatoms. The zero-order chi connectivity index (χ0) is 24.5. The van der Waals surface area contributed by atoms with Gasteiger partial charge in [-0.2, -0.15) is 5.06 Å². The first-order valence-electron chi connectivity index (χ1n) is 12.2. The fourth-order valence-electron chi connectivity index (χ4n) is 5.63. The third-order valence-corrected chi connectivity index (χ3v) is 7.39. The summed E-state index contributed by atoms with van der Waals surface area (Å²) in [5, 5.41) is 15.3. The van der Waals surface area contributed by atoms with Crippen LogP contribution in [-0.2, 0) is 19.1 Å². The summed E-state index contributed by atoms with van der Waals surface area (Å²) < 4.78 is 11.4. The third-order valence-electron chi connectivity index (χ3n) is 7.39. The number of rotatable bonds is 9. The molecule has 2 aliphatic heterocycles. The molecule has 0 aromatic rings. The van der Waals surface area contributed by atoms with Gasteiger partial charge in [0.1, 0.15) is 6.10 Å². The Balaban J connectivity index is 1.75. The highest BCUT2D eigenvalue weighted by atomic mass is 16.5. The van der Waals surface area contributed by atoms with Crippen LogP contribution in [0.1, 0.15) is 101 Å². The number of hydrogen-bond acceptors (Lipinski definition) is 7. The second kappa shape index (κ2) is 9.59. The van der Waals surface area contributed by atoms with Crippen molar-refractivity contribution in [1.82, 2.24) is 10.4 Å². The number of nitrogens with one attached hydrogen (secondary N) is 1. The summed E-state index contributed by atoms with van der Waals surface area (Å²) in [5.41, 5.74) is -1.46. The van der Waals surface area contributed by atoms with Gasteiger partial charge in [0.05, 0.1) is 24.0 Å². The molecule has 0 saturated carbocycles. The van der Waals surface area contributed by atoms with E-state index in [0.717, 1.165) is 32.1 Å². The van der Waals surface area contributed by atoms with Crippen LogP contribution in [0.3, 0.4) is 0 Å². The van der Waals surface area contributed by atoms with Crippen LogP contribution < -0.4 is 5.32 Å². The quantitative estimate of drug-likeness (QED) is 0.393. The zero-order valence-corrected chi connectivity index (χ0v) is 21.7. The van der Waals surface area contributed by atoms with Crippen molar-refractivity contribution in [2.75, 3.05) is 6.61 Å². The lowest BCUT2D eigenvalue weighted by Gasteiger charge is -2.35. The van der Waals surface area contributed by atoms with Crippen LogP contribution >= 0.6 is 0 Å². The summed E-state index contributed by atoms with van der Waals surface area (Å²) in [6.45, 7) is 18.4. The van der Waals surface area contributed by atoms with Gasteiger partial charge >= 0.3 is 11.9 Å². The topological polar surface area (TPSA) is 88.1 Å². The Labute approximate surface area is 194 Å². The lowest BCUT2D eigenvalue weighted by molar-refractivity contribution is -0.201. The number of esters is 2. The molecule has 2 aliphatic rings. The van der Waals surface area contributed by atoms with Crippen molar-refractivity contribution >= 4 is 11.9 Å². The monoisotopic (exact) mass is 454 g/mol. The first kappa shape index (κ1) is 27.1. The number of carbonyl (C=O) groups excluding carboxylic acids is 2. The summed E-state index contributed by atoms with van der Waals surface area (Å²) in [7, 11) is 0. The van der Waals surface area contributed by atoms with Crippen LogP contribution in [0.2, 0.25) is 0 Å². The smallest absolute Gasteiger partial charge is 0.311 e. The first-order chi connectivity index (χ1) is 14.5. The van der Waals surface area contributed by atoms with Gasteiger partial charge in [-0.15, -0.1) is 0 Å².